The van der Waals surface area contributed by atoms with E-state index in [0.29, 0.717) is 28.3 Å². The molecule has 0 bridgehead atoms. The van der Waals surface area contributed by atoms with Gasteiger partial charge in [0, 0.05) is 35.8 Å². The van der Waals surface area contributed by atoms with Gasteiger partial charge in [-0.25, -0.2) is 0 Å². The molecule has 1 saturated heterocycles. The Balaban J connectivity index is 0.00000169. The number of aromatic nitrogens is 1. The van der Waals surface area contributed by atoms with Crippen molar-refractivity contribution in [3.8, 4) is 11.3 Å². The molecule has 3 unspecified atom stereocenters. The molecule has 1 aromatic heterocycles. The van der Waals surface area contributed by atoms with Gasteiger partial charge in [0.05, 0.1) is 0 Å². The van der Waals surface area contributed by atoms with Gasteiger partial charge in [-0.3, -0.25) is 4.79 Å². The molecule has 2 aromatic rings. The van der Waals surface area contributed by atoms with Crippen molar-refractivity contribution in [2.45, 2.75) is 18.9 Å². The molecule has 4 rings (SSSR count). The highest BCUT2D eigenvalue weighted by Crippen LogP contribution is 2.37. The Labute approximate surface area is 151 Å². The summed E-state index contributed by atoms with van der Waals surface area (Å²) in [7, 11) is 0. The third-order valence-electron chi connectivity index (χ3n) is 5.04. The van der Waals surface area contributed by atoms with E-state index >= 15 is 0 Å². The van der Waals surface area contributed by atoms with Crippen LogP contribution in [0.25, 0.3) is 11.3 Å². The predicted octanol–water partition coefficient (Wildman–Crippen LogP) is 3.23. The van der Waals surface area contributed by atoms with Crippen LogP contribution in [-0.4, -0.2) is 35.1 Å². The van der Waals surface area contributed by atoms with E-state index in [1.165, 1.54) is 0 Å². The topological polar surface area (TPSA) is 72.4 Å². The predicted molar refractivity (Wildman–Crippen MR) is 94.3 cm³/mol. The fraction of sp³-hybridized carbons (Fsp3) is 0.412. The fourth-order valence-corrected chi connectivity index (χ4v) is 3.98. The molecule has 1 amide bonds. The summed E-state index contributed by atoms with van der Waals surface area (Å²) < 4.78 is 5.32. The SMILES string of the molecule is Cl.NC1CCC2CN(C(=O)c3cc(-c4cccc(Cl)c4)on3)CC12. The van der Waals surface area contributed by atoms with Gasteiger partial charge in [-0.05, 0) is 36.8 Å². The number of amides is 1. The van der Waals surface area contributed by atoms with Crippen molar-refractivity contribution in [1.82, 2.24) is 10.1 Å². The molecule has 1 aliphatic carbocycles. The van der Waals surface area contributed by atoms with E-state index in [0.717, 1.165) is 31.5 Å². The van der Waals surface area contributed by atoms with E-state index in [-0.39, 0.29) is 24.4 Å². The number of nitrogens with zero attached hydrogens (tertiary/aromatic N) is 2. The van der Waals surface area contributed by atoms with E-state index in [1.807, 2.05) is 17.0 Å². The summed E-state index contributed by atoms with van der Waals surface area (Å²) in [4.78, 5) is 14.5. The maximum atomic E-state index is 12.6. The van der Waals surface area contributed by atoms with Crippen LogP contribution in [0.4, 0.5) is 0 Å². The van der Waals surface area contributed by atoms with Crippen LogP contribution in [-0.2, 0) is 0 Å². The second kappa shape index (κ2) is 6.75. The smallest absolute Gasteiger partial charge is 0.276 e. The van der Waals surface area contributed by atoms with Crippen molar-refractivity contribution in [1.29, 1.82) is 0 Å². The highest BCUT2D eigenvalue weighted by molar-refractivity contribution is 6.30. The first-order chi connectivity index (χ1) is 11.1. The summed E-state index contributed by atoms with van der Waals surface area (Å²) in [5, 5.41) is 4.56. The van der Waals surface area contributed by atoms with Crippen molar-refractivity contribution in [2.75, 3.05) is 13.1 Å². The van der Waals surface area contributed by atoms with Crippen LogP contribution in [0.1, 0.15) is 23.3 Å². The average Bonchev–Trinajstić information content (AvgIpc) is 3.24. The number of benzene rings is 1. The highest BCUT2D eigenvalue weighted by atomic mass is 35.5. The van der Waals surface area contributed by atoms with Gasteiger partial charge >= 0.3 is 0 Å². The number of halogens is 2. The van der Waals surface area contributed by atoms with Gasteiger partial charge in [0.1, 0.15) is 0 Å². The Morgan fingerprint density at radius 2 is 2.12 bits per heavy atom. The van der Waals surface area contributed by atoms with Crippen LogP contribution in [0.15, 0.2) is 34.9 Å². The zero-order valence-electron chi connectivity index (χ0n) is 13.0. The summed E-state index contributed by atoms with van der Waals surface area (Å²) >= 11 is 5.99. The quantitative estimate of drug-likeness (QED) is 0.884. The summed E-state index contributed by atoms with van der Waals surface area (Å²) in [5.41, 5.74) is 7.28. The molecular weight excluding hydrogens is 349 g/mol. The number of nitrogens with two attached hydrogens (primary N) is 1. The molecule has 2 aliphatic rings. The van der Waals surface area contributed by atoms with Gasteiger partial charge < -0.3 is 15.2 Å². The van der Waals surface area contributed by atoms with Crippen LogP contribution >= 0.6 is 24.0 Å². The molecule has 2 N–H and O–H groups in total. The number of fused-ring (bicyclic) bond motifs is 1. The lowest BCUT2D eigenvalue weighted by Gasteiger charge is -2.17. The van der Waals surface area contributed by atoms with Crippen molar-refractivity contribution in [3.63, 3.8) is 0 Å². The highest BCUT2D eigenvalue weighted by Gasteiger charge is 2.43. The normalized spacial score (nSPS) is 25.4. The monoisotopic (exact) mass is 367 g/mol. The number of rotatable bonds is 2. The summed E-state index contributed by atoms with van der Waals surface area (Å²) in [6.07, 6.45) is 2.18. The minimum absolute atomic E-state index is 0. The fourth-order valence-electron chi connectivity index (χ4n) is 3.79. The van der Waals surface area contributed by atoms with Gasteiger partial charge in [0.2, 0.25) is 0 Å². The molecular formula is C17H19Cl2N3O2. The minimum Gasteiger partial charge on any atom is -0.355 e. The van der Waals surface area contributed by atoms with E-state index in [9.17, 15) is 4.79 Å². The van der Waals surface area contributed by atoms with Crippen LogP contribution < -0.4 is 5.73 Å². The van der Waals surface area contributed by atoms with Crippen molar-refractivity contribution in [2.24, 2.45) is 17.6 Å². The van der Waals surface area contributed by atoms with Crippen molar-refractivity contribution in [3.05, 3.63) is 41.0 Å². The summed E-state index contributed by atoms with van der Waals surface area (Å²) in [6, 6.07) is 9.19. The third kappa shape index (κ3) is 3.04. The summed E-state index contributed by atoms with van der Waals surface area (Å²) in [6.45, 7) is 1.50. The second-order valence-corrected chi connectivity index (χ2v) is 6.90. The minimum atomic E-state index is -0.0800. The number of hydrogen-bond acceptors (Lipinski definition) is 4. The average molecular weight is 368 g/mol. The lowest BCUT2D eigenvalue weighted by molar-refractivity contribution is 0.0769. The zero-order chi connectivity index (χ0) is 16.0. The van der Waals surface area contributed by atoms with Gasteiger partial charge in [0.25, 0.3) is 5.91 Å². The van der Waals surface area contributed by atoms with Crippen LogP contribution in [0.5, 0.6) is 0 Å². The Morgan fingerprint density at radius 3 is 2.88 bits per heavy atom. The molecule has 1 aromatic carbocycles. The Bertz CT molecular complexity index is 749. The lowest BCUT2D eigenvalue weighted by Crippen LogP contribution is -2.33. The molecule has 2 fully saturated rings. The number of carbonyl (C=O) groups excluding carboxylic acids is 1. The molecule has 7 heteroatoms. The molecule has 5 nitrogen and oxygen atoms in total. The molecule has 2 heterocycles. The van der Waals surface area contributed by atoms with Gasteiger partial charge in [-0.1, -0.05) is 28.9 Å². The van der Waals surface area contributed by atoms with E-state index in [2.05, 4.69) is 5.16 Å². The Morgan fingerprint density at radius 1 is 1.29 bits per heavy atom. The van der Waals surface area contributed by atoms with E-state index in [1.54, 1.807) is 18.2 Å². The maximum absolute atomic E-state index is 12.6. The van der Waals surface area contributed by atoms with E-state index < -0.39 is 0 Å². The van der Waals surface area contributed by atoms with Crippen molar-refractivity contribution >= 4 is 29.9 Å². The maximum Gasteiger partial charge on any atom is 0.276 e. The zero-order valence-corrected chi connectivity index (χ0v) is 14.6. The first kappa shape index (κ1) is 17.3. The van der Waals surface area contributed by atoms with Gasteiger partial charge in [0.15, 0.2) is 11.5 Å². The number of likely N-dealkylation sites (tertiary alicyclic amines) is 1. The molecule has 1 aliphatic heterocycles. The third-order valence-corrected chi connectivity index (χ3v) is 5.27. The van der Waals surface area contributed by atoms with Crippen molar-refractivity contribution < 1.29 is 9.32 Å². The molecule has 24 heavy (non-hydrogen) atoms. The van der Waals surface area contributed by atoms with Crippen LogP contribution in [0, 0.1) is 11.8 Å². The Kier molecular flexibility index (Phi) is 4.85. The first-order valence-corrected chi connectivity index (χ1v) is 8.27. The van der Waals surface area contributed by atoms with Crippen LogP contribution in [0.3, 0.4) is 0 Å². The largest absolute Gasteiger partial charge is 0.355 e. The molecule has 128 valence electrons. The molecule has 3 atom stereocenters. The molecule has 0 spiro atoms. The van der Waals surface area contributed by atoms with E-state index in [4.69, 9.17) is 21.9 Å². The summed E-state index contributed by atoms with van der Waals surface area (Å²) in [5.74, 6) is 1.43. The van der Waals surface area contributed by atoms with Gasteiger partial charge in [-0.2, -0.15) is 0 Å². The molecule has 0 radical (unpaired) electrons. The Hall–Kier alpha value is -1.56. The number of hydrogen-bond donors (Lipinski definition) is 1. The molecule has 1 saturated carbocycles. The standard InChI is InChI=1S/C17H18ClN3O2.ClH/c18-12-3-1-2-10(6-12)16-7-15(20-23-16)17(22)21-8-11-4-5-14(19)13(11)9-21;/h1-3,6-7,11,13-14H,4-5,8-9,19H2;1H. The van der Waals surface area contributed by atoms with Crippen LogP contribution in [0.2, 0.25) is 5.02 Å². The second-order valence-electron chi connectivity index (χ2n) is 6.46. The first-order valence-electron chi connectivity index (χ1n) is 7.89. The van der Waals surface area contributed by atoms with Gasteiger partial charge in [-0.15, -0.1) is 12.4 Å². The lowest BCUT2D eigenvalue weighted by atomic mass is 9.98. The number of carbonyl (C=O) groups is 1.